The number of anilines is 1. The van der Waals surface area contributed by atoms with Crippen LogP contribution in [0, 0.1) is 0 Å². The lowest BCUT2D eigenvalue weighted by molar-refractivity contribution is 0.0702. The van der Waals surface area contributed by atoms with Crippen molar-refractivity contribution in [2.24, 2.45) is 0 Å². The van der Waals surface area contributed by atoms with Crippen molar-refractivity contribution in [2.75, 3.05) is 11.4 Å². The van der Waals surface area contributed by atoms with Crippen LogP contribution in [0.5, 0.6) is 0 Å². The van der Waals surface area contributed by atoms with Crippen LogP contribution in [0.1, 0.15) is 15.5 Å². The summed E-state index contributed by atoms with van der Waals surface area (Å²) >= 11 is 1.29. The number of rotatable bonds is 2. The second kappa shape index (κ2) is 3.85. The first kappa shape index (κ1) is 10.3. The van der Waals surface area contributed by atoms with E-state index >= 15 is 0 Å². The molecule has 0 unspecified atom stereocenters. The fourth-order valence-electron chi connectivity index (χ4n) is 1.87. The van der Waals surface area contributed by atoms with Crippen LogP contribution in [-0.4, -0.2) is 32.4 Å². The Kier molecular flexibility index (Phi) is 2.32. The van der Waals surface area contributed by atoms with E-state index in [0.29, 0.717) is 11.4 Å². The van der Waals surface area contributed by atoms with E-state index in [1.807, 2.05) is 10.6 Å². The Bertz CT molecular complexity index is 562. The number of aromatic nitrogens is 3. The SMILES string of the molecule is O=C(O)c1ccc(N2CCn3cnnc3C2)s1. The van der Waals surface area contributed by atoms with Crippen molar-refractivity contribution in [3.8, 4) is 0 Å². The van der Waals surface area contributed by atoms with Crippen molar-refractivity contribution < 1.29 is 9.90 Å². The summed E-state index contributed by atoms with van der Waals surface area (Å²) in [6.07, 6.45) is 1.73. The molecule has 0 saturated heterocycles. The number of carboxylic acid groups (broad SMARTS) is 1. The largest absolute Gasteiger partial charge is 0.477 e. The van der Waals surface area contributed by atoms with E-state index in [1.165, 1.54) is 11.3 Å². The van der Waals surface area contributed by atoms with E-state index < -0.39 is 5.97 Å². The van der Waals surface area contributed by atoms with Gasteiger partial charge in [0.05, 0.1) is 11.5 Å². The molecule has 7 heteroatoms. The monoisotopic (exact) mass is 250 g/mol. The highest BCUT2D eigenvalue weighted by Gasteiger charge is 2.19. The van der Waals surface area contributed by atoms with Gasteiger partial charge < -0.3 is 14.6 Å². The lowest BCUT2D eigenvalue weighted by atomic mass is 10.3. The first-order chi connectivity index (χ1) is 8.24. The smallest absolute Gasteiger partial charge is 0.345 e. The maximum absolute atomic E-state index is 10.8. The normalized spacial score (nSPS) is 14.7. The predicted molar refractivity (Wildman–Crippen MR) is 62.4 cm³/mol. The zero-order chi connectivity index (χ0) is 11.8. The van der Waals surface area contributed by atoms with E-state index in [0.717, 1.165) is 23.9 Å². The van der Waals surface area contributed by atoms with E-state index in [4.69, 9.17) is 5.11 Å². The molecule has 2 aromatic heterocycles. The third kappa shape index (κ3) is 1.78. The van der Waals surface area contributed by atoms with Crippen LogP contribution < -0.4 is 4.90 Å². The van der Waals surface area contributed by atoms with Gasteiger partial charge >= 0.3 is 5.97 Å². The van der Waals surface area contributed by atoms with E-state index in [1.54, 1.807) is 12.4 Å². The topological polar surface area (TPSA) is 71.2 Å². The number of fused-ring (bicyclic) bond motifs is 1. The van der Waals surface area contributed by atoms with Crippen LogP contribution >= 0.6 is 11.3 Å². The summed E-state index contributed by atoms with van der Waals surface area (Å²) in [4.78, 5) is 13.3. The van der Waals surface area contributed by atoms with E-state index in [9.17, 15) is 4.79 Å². The minimum absolute atomic E-state index is 0.368. The van der Waals surface area contributed by atoms with Crippen molar-refractivity contribution >= 4 is 22.3 Å². The van der Waals surface area contributed by atoms with Gasteiger partial charge in [0.2, 0.25) is 0 Å². The van der Waals surface area contributed by atoms with E-state index in [-0.39, 0.29) is 0 Å². The molecule has 1 aliphatic rings. The fraction of sp³-hybridized carbons (Fsp3) is 0.300. The maximum atomic E-state index is 10.8. The number of hydrogen-bond donors (Lipinski definition) is 1. The summed E-state index contributed by atoms with van der Waals surface area (Å²) in [5.74, 6) is 0.0444. The third-order valence-corrected chi connectivity index (χ3v) is 3.89. The standard InChI is InChI=1S/C10H10N4O2S/c15-10(16)7-1-2-9(17-7)13-3-4-14-6-11-12-8(14)5-13/h1-2,6H,3-5H2,(H,15,16). The zero-order valence-corrected chi connectivity index (χ0v) is 9.72. The minimum Gasteiger partial charge on any atom is -0.477 e. The van der Waals surface area contributed by atoms with Crippen LogP contribution in [0.2, 0.25) is 0 Å². The minimum atomic E-state index is -0.874. The molecule has 6 nitrogen and oxygen atoms in total. The second-order valence-corrected chi connectivity index (χ2v) is 4.87. The van der Waals surface area contributed by atoms with Gasteiger partial charge in [-0.3, -0.25) is 0 Å². The van der Waals surface area contributed by atoms with Crippen LogP contribution in [-0.2, 0) is 13.1 Å². The molecule has 0 saturated carbocycles. The summed E-state index contributed by atoms with van der Waals surface area (Å²) in [5, 5.41) is 17.8. The van der Waals surface area contributed by atoms with Gasteiger partial charge in [-0.2, -0.15) is 0 Å². The summed E-state index contributed by atoms with van der Waals surface area (Å²) in [7, 11) is 0. The quantitative estimate of drug-likeness (QED) is 0.862. The summed E-state index contributed by atoms with van der Waals surface area (Å²) in [5.41, 5.74) is 0. The molecule has 0 radical (unpaired) electrons. The number of thiophene rings is 1. The van der Waals surface area contributed by atoms with Gasteiger partial charge in [-0.15, -0.1) is 21.5 Å². The highest BCUT2D eigenvalue weighted by atomic mass is 32.1. The number of hydrogen-bond acceptors (Lipinski definition) is 5. The van der Waals surface area contributed by atoms with Crippen molar-refractivity contribution in [2.45, 2.75) is 13.1 Å². The summed E-state index contributed by atoms with van der Waals surface area (Å²) < 4.78 is 2.02. The molecule has 0 atom stereocenters. The number of carboxylic acids is 1. The molecule has 0 fully saturated rings. The molecule has 88 valence electrons. The molecule has 17 heavy (non-hydrogen) atoms. The Morgan fingerprint density at radius 3 is 3.06 bits per heavy atom. The first-order valence-electron chi connectivity index (χ1n) is 5.19. The van der Waals surface area contributed by atoms with Crippen molar-refractivity contribution in [1.82, 2.24) is 14.8 Å². The van der Waals surface area contributed by atoms with E-state index in [2.05, 4.69) is 15.1 Å². The van der Waals surface area contributed by atoms with Crippen molar-refractivity contribution in [3.63, 3.8) is 0 Å². The van der Waals surface area contributed by atoms with Gasteiger partial charge in [-0.05, 0) is 12.1 Å². The average molecular weight is 250 g/mol. The first-order valence-corrected chi connectivity index (χ1v) is 6.00. The lowest BCUT2D eigenvalue weighted by Gasteiger charge is -2.27. The predicted octanol–water partition coefficient (Wildman–Crippen LogP) is 1.06. The molecule has 0 bridgehead atoms. The Morgan fingerprint density at radius 2 is 2.29 bits per heavy atom. The maximum Gasteiger partial charge on any atom is 0.345 e. The second-order valence-electron chi connectivity index (χ2n) is 3.81. The fourth-order valence-corrected chi connectivity index (χ4v) is 2.74. The van der Waals surface area contributed by atoms with Crippen LogP contribution in [0.25, 0.3) is 0 Å². The molecule has 0 spiro atoms. The van der Waals surface area contributed by atoms with Gasteiger partial charge in [-0.1, -0.05) is 0 Å². The Hall–Kier alpha value is -1.89. The van der Waals surface area contributed by atoms with Gasteiger partial charge in [-0.25, -0.2) is 4.79 Å². The molecule has 3 heterocycles. The van der Waals surface area contributed by atoms with Gasteiger partial charge in [0.15, 0.2) is 5.82 Å². The highest BCUT2D eigenvalue weighted by Crippen LogP contribution is 2.28. The average Bonchev–Trinajstić information content (AvgIpc) is 2.97. The van der Waals surface area contributed by atoms with Crippen molar-refractivity contribution in [1.29, 1.82) is 0 Å². The molecule has 1 aliphatic heterocycles. The van der Waals surface area contributed by atoms with Crippen LogP contribution in [0.3, 0.4) is 0 Å². The summed E-state index contributed by atoms with van der Waals surface area (Å²) in [6.45, 7) is 2.37. The molecule has 2 aromatic rings. The Labute approximate surface area is 101 Å². The third-order valence-electron chi connectivity index (χ3n) is 2.75. The molecular formula is C10H10N4O2S. The van der Waals surface area contributed by atoms with Crippen LogP contribution in [0.15, 0.2) is 18.5 Å². The zero-order valence-electron chi connectivity index (χ0n) is 8.91. The molecule has 3 rings (SSSR count). The molecular weight excluding hydrogens is 240 g/mol. The van der Waals surface area contributed by atoms with Gasteiger partial charge in [0, 0.05) is 13.1 Å². The molecule has 0 aliphatic carbocycles. The molecule has 0 aromatic carbocycles. The number of aromatic carboxylic acids is 1. The Morgan fingerprint density at radius 1 is 1.41 bits per heavy atom. The summed E-state index contributed by atoms with van der Waals surface area (Å²) in [6, 6.07) is 3.49. The number of carbonyl (C=O) groups is 1. The number of nitrogens with zero attached hydrogens (tertiary/aromatic N) is 4. The Balaban J connectivity index is 1.84. The van der Waals surface area contributed by atoms with Crippen LogP contribution in [0.4, 0.5) is 5.00 Å². The lowest BCUT2D eigenvalue weighted by Crippen LogP contribution is -2.32. The molecule has 0 amide bonds. The van der Waals surface area contributed by atoms with Gasteiger partial charge in [0.1, 0.15) is 11.2 Å². The molecule has 1 N–H and O–H groups in total. The van der Waals surface area contributed by atoms with Gasteiger partial charge in [0.25, 0.3) is 0 Å². The van der Waals surface area contributed by atoms with Crippen molar-refractivity contribution in [3.05, 3.63) is 29.2 Å². The highest BCUT2D eigenvalue weighted by molar-refractivity contribution is 7.17.